The number of carbonyl (C=O) groups excluding carboxylic acids is 4. The zero-order valence-electron chi connectivity index (χ0n) is 22.5. The van der Waals surface area contributed by atoms with Gasteiger partial charge in [0, 0.05) is 23.6 Å². The molecule has 0 aromatic heterocycles. The Morgan fingerprint density at radius 2 is 1.50 bits per heavy atom. The topological polar surface area (TPSA) is 145 Å². The van der Waals surface area contributed by atoms with Gasteiger partial charge in [0.25, 0.3) is 5.91 Å². The van der Waals surface area contributed by atoms with Gasteiger partial charge in [-0.2, -0.15) is 0 Å². The van der Waals surface area contributed by atoms with Crippen molar-refractivity contribution in [3.8, 4) is 11.1 Å². The maximum absolute atomic E-state index is 13.9. The van der Waals surface area contributed by atoms with Crippen molar-refractivity contribution in [3.63, 3.8) is 0 Å². The molecule has 3 amide bonds. The second-order valence-corrected chi connectivity index (χ2v) is 11.3. The van der Waals surface area contributed by atoms with Gasteiger partial charge in [-0.15, -0.1) is 0 Å². The summed E-state index contributed by atoms with van der Waals surface area (Å²) in [4.78, 5) is 52.4. The van der Waals surface area contributed by atoms with E-state index < -0.39 is 47.8 Å². The zero-order chi connectivity index (χ0) is 28.3. The van der Waals surface area contributed by atoms with Crippen LogP contribution in [0.4, 0.5) is 0 Å². The molecular formula is C31H37N3O6. The first-order chi connectivity index (χ1) is 19.3. The molecule has 1 saturated heterocycles. The fraction of sp³-hybridized carbons (Fsp3) is 0.484. The number of fused-ring (bicyclic) bond motifs is 3. The minimum atomic E-state index is -1.99. The number of rotatable bonds is 10. The first kappa shape index (κ1) is 28.0. The van der Waals surface area contributed by atoms with Crippen LogP contribution in [-0.4, -0.2) is 59.0 Å². The first-order valence-electron chi connectivity index (χ1n) is 14.3. The van der Waals surface area contributed by atoms with Gasteiger partial charge >= 0.3 is 0 Å². The van der Waals surface area contributed by atoms with Crippen molar-refractivity contribution in [1.82, 2.24) is 16.0 Å². The Morgan fingerprint density at radius 1 is 0.875 bits per heavy atom. The van der Waals surface area contributed by atoms with Crippen molar-refractivity contribution in [1.29, 1.82) is 0 Å². The van der Waals surface area contributed by atoms with Gasteiger partial charge in [0.1, 0.15) is 12.6 Å². The maximum atomic E-state index is 13.9. The highest BCUT2D eigenvalue weighted by atomic mass is 16.3. The molecule has 0 bridgehead atoms. The smallest absolute Gasteiger partial charge is 0.262 e. The van der Waals surface area contributed by atoms with Crippen LogP contribution in [0.15, 0.2) is 48.5 Å². The van der Waals surface area contributed by atoms with Crippen LogP contribution in [0, 0.1) is 11.8 Å². The van der Waals surface area contributed by atoms with Crippen LogP contribution in [-0.2, 0) is 24.8 Å². The summed E-state index contributed by atoms with van der Waals surface area (Å²) >= 11 is 0. The SMILES string of the molecule is O=C1NCC[C@H]1C[C@@H](NC(=O)[C@H](CC1CCCCC1)NC(=O)C1(O)c2ccccc2-c2ccccc21)C(=O)CO. The van der Waals surface area contributed by atoms with Gasteiger partial charge in [-0.05, 0) is 36.3 Å². The minimum Gasteiger partial charge on any atom is -0.389 e. The number of benzene rings is 2. The molecule has 0 unspecified atom stereocenters. The molecule has 3 atom stereocenters. The van der Waals surface area contributed by atoms with Crippen molar-refractivity contribution < 1.29 is 29.4 Å². The third-order valence-corrected chi connectivity index (χ3v) is 8.71. The van der Waals surface area contributed by atoms with Crippen LogP contribution < -0.4 is 16.0 Å². The molecule has 2 aliphatic carbocycles. The lowest BCUT2D eigenvalue weighted by Crippen LogP contribution is -2.56. The second-order valence-electron chi connectivity index (χ2n) is 11.3. The lowest BCUT2D eigenvalue weighted by molar-refractivity contribution is -0.140. The molecule has 5 rings (SSSR count). The van der Waals surface area contributed by atoms with Crippen LogP contribution >= 0.6 is 0 Å². The highest BCUT2D eigenvalue weighted by Gasteiger charge is 2.48. The van der Waals surface area contributed by atoms with E-state index in [2.05, 4.69) is 16.0 Å². The molecule has 0 spiro atoms. The summed E-state index contributed by atoms with van der Waals surface area (Å²) in [5, 5.41) is 29.8. The average molecular weight is 548 g/mol. The summed E-state index contributed by atoms with van der Waals surface area (Å²) in [7, 11) is 0. The van der Waals surface area contributed by atoms with E-state index in [9.17, 15) is 29.4 Å². The van der Waals surface area contributed by atoms with E-state index in [0.717, 1.165) is 43.2 Å². The number of aliphatic hydroxyl groups is 2. The summed E-state index contributed by atoms with van der Waals surface area (Å²) in [6.45, 7) is -0.272. The predicted molar refractivity (Wildman–Crippen MR) is 148 cm³/mol. The van der Waals surface area contributed by atoms with Gasteiger partial charge in [-0.25, -0.2) is 0 Å². The van der Waals surface area contributed by atoms with Crippen LogP contribution in [0.3, 0.4) is 0 Å². The standard InChI is InChI=1S/C31H37N3O6/c35-18-27(36)25(17-20-14-15-32-28(20)37)33-29(38)26(16-19-8-2-1-3-9-19)34-30(39)31(40)23-12-6-4-10-21(23)22-11-5-7-13-24(22)31/h4-7,10-13,19-20,25-26,35,40H,1-3,8-9,14-18H2,(H,32,37)(H,33,38)(H,34,39)/t20-,25+,26-/m0/s1. The monoisotopic (exact) mass is 547 g/mol. The molecule has 1 saturated carbocycles. The van der Waals surface area contributed by atoms with Crippen molar-refractivity contribution >= 4 is 23.5 Å². The van der Waals surface area contributed by atoms with E-state index in [1.54, 1.807) is 24.3 Å². The van der Waals surface area contributed by atoms with Gasteiger partial charge in [0.05, 0.1) is 6.04 Å². The van der Waals surface area contributed by atoms with E-state index in [1.165, 1.54) is 0 Å². The molecule has 1 heterocycles. The van der Waals surface area contributed by atoms with Crippen LogP contribution in [0.2, 0.25) is 0 Å². The van der Waals surface area contributed by atoms with E-state index in [4.69, 9.17) is 0 Å². The van der Waals surface area contributed by atoms with E-state index >= 15 is 0 Å². The van der Waals surface area contributed by atoms with Crippen LogP contribution in [0.1, 0.15) is 62.5 Å². The molecule has 1 aliphatic heterocycles. The van der Waals surface area contributed by atoms with Crippen molar-refractivity contribution in [2.24, 2.45) is 11.8 Å². The Hall–Kier alpha value is -3.56. The lowest BCUT2D eigenvalue weighted by atomic mass is 9.84. The third kappa shape index (κ3) is 5.40. The molecule has 2 aromatic rings. The van der Waals surface area contributed by atoms with Gasteiger partial charge in [0.15, 0.2) is 11.4 Å². The number of carbonyl (C=O) groups is 4. The molecule has 9 heteroatoms. The summed E-state index contributed by atoms with van der Waals surface area (Å²) in [6, 6.07) is 12.3. The Morgan fingerprint density at radius 3 is 2.08 bits per heavy atom. The van der Waals surface area contributed by atoms with E-state index in [0.29, 0.717) is 30.5 Å². The molecule has 0 radical (unpaired) electrons. The minimum absolute atomic E-state index is 0.0751. The quantitative estimate of drug-likeness (QED) is 0.307. The first-order valence-corrected chi connectivity index (χ1v) is 14.3. The fourth-order valence-electron chi connectivity index (χ4n) is 6.51. The average Bonchev–Trinajstić information content (AvgIpc) is 3.51. The molecular weight excluding hydrogens is 510 g/mol. The van der Waals surface area contributed by atoms with E-state index in [-0.39, 0.29) is 18.2 Å². The molecule has 5 N–H and O–H groups in total. The molecule has 40 heavy (non-hydrogen) atoms. The van der Waals surface area contributed by atoms with Crippen LogP contribution in [0.25, 0.3) is 11.1 Å². The number of hydrogen-bond acceptors (Lipinski definition) is 6. The Bertz CT molecular complexity index is 1240. The summed E-state index contributed by atoms with van der Waals surface area (Å²) in [5.41, 5.74) is 0.428. The number of aliphatic hydroxyl groups excluding tert-OH is 1. The maximum Gasteiger partial charge on any atom is 0.262 e. The number of Topliss-reactive ketones (excluding diaryl/α,β-unsaturated/α-hetero) is 1. The second kappa shape index (κ2) is 11.9. The number of hydrogen-bond donors (Lipinski definition) is 5. The Labute approximate surface area is 233 Å². The molecule has 9 nitrogen and oxygen atoms in total. The molecule has 3 aliphatic rings. The number of nitrogens with one attached hydrogen (secondary N) is 3. The van der Waals surface area contributed by atoms with Crippen molar-refractivity contribution in [2.75, 3.05) is 13.2 Å². The zero-order valence-corrected chi connectivity index (χ0v) is 22.5. The van der Waals surface area contributed by atoms with Gasteiger partial charge in [-0.1, -0.05) is 80.6 Å². The molecule has 2 fully saturated rings. The predicted octanol–water partition coefficient (Wildman–Crippen LogP) is 1.93. The number of amides is 3. The van der Waals surface area contributed by atoms with Crippen LogP contribution in [0.5, 0.6) is 0 Å². The van der Waals surface area contributed by atoms with Crippen molar-refractivity contribution in [2.45, 2.75) is 69.1 Å². The normalized spacial score (nSPS) is 21.1. The van der Waals surface area contributed by atoms with Crippen molar-refractivity contribution in [3.05, 3.63) is 59.7 Å². The van der Waals surface area contributed by atoms with Gasteiger partial charge in [0.2, 0.25) is 11.8 Å². The fourth-order valence-corrected chi connectivity index (χ4v) is 6.51. The molecule has 2 aromatic carbocycles. The Balaban J connectivity index is 1.41. The largest absolute Gasteiger partial charge is 0.389 e. The lowest BCUT2D eigenvalue weighted by Gasteiger charge is -2.31. The third-order valence-electron chi connectivity index (χ3n) is 8.71. The van der Waals surface area contributed by atoms with Gasteiger partial charge < -0.3 is 26.2 Å². The molecule has 212 valence electrons. The highest BCUT2D eigenvalue weighted by Crippen LogP contribution is 2.47. The summed E-state index contributed by atoms with van der Waals surface area (Å²) in [6.07, 6.45) is 6.04. The summed E-state index contributed by atoms with van der Waals surface area (Å²) < 4.78 is 0. The van der Waals surface area contributed by atoms with Gasteiger partial charge in [-0.3, -0.25) is 19.2 Å². The number of ketones is 1. The van der Waals surface area contributed by atoms with E-state index in [1.807, 2.05) is 24.3 Å². The summed E-state index contributed by atoms with van der Waals surface area (Å²) in [5.74, 6) is -2.28. The Kier molecular flexibility index (Phi) is 8.32. The highest BCUT2D eigenvalue weighted by molar-refractivity contribution is 6.01.